The monoisotopic (exact) mass is 440 g/mol. The van der Waals surface area contributed by atoms with Crippen LogP contribution in [0.2, 0.25) is 0 Å². The van der Waals surface area contributed by atoms with Crippen molar-refractivity contribution in [2.75, 3.05) is 43.4 Å². The molecule has 0 aliphatic carbocycles. The molecule has 31 heavy (non-hydrogen) atoms. The maximum Gasteiger partial charge on any atom is 0.316 e. The summed E-state index contributed by atoms with van der Waals surface area (Å²) in [7, 11) is 0. The second kappa shape index (κ2) is 9.88. The molecule has 2 aromatic heterocycles. The molecule has 3 heterocycles. The molecule has 0 radical (unpaired) electrons. The van der Waals surface area contributed by atoms with Gasteiger partial charge in [0.1, 0.15) is 16.7 Å². The third kappa shape index (κ3) is 5.39. The first-order valence-electron chi connectivity index (χ1n) is 10.2. The summed E-state index contributed by atoms with van der Waals surface area (Å²) in [6, 6.07) is 7.37. The van der Waals surface area contributed by atoms with E-state index in [1.807, 2.05) is 18.2 Å². The molecule has 1 aromatic carbocycles. The fourth-order valence-electron chi connectivity index (χ4n) is 3.45. The van der Waals surface area contributed by atoms with Gasteiger partial charge < -0.3 is 14.6 Å². The van der Waals surface area contributed by atoms with Crippen LogP contribution in [0.1, 0.15) is 12.7 Å². The number of aromatic amines is 1. The van der Waals surface area contributed by atoms with Gasteiger partial charge in [0.25, 0.3) is 5.56 Å². The molecule has 4 rings (SSSR count). The number of piperazine rings is 1. The van der Waals surface area contributed by atoms with Gasteiger partial charge in [-0.15, -0.1) is 0 Å². The van der Waals surface area contributed by atoms with Crippen LogP contribution in [0.15, 0.2) is 46.5 Å². The smallest absolute Gasteiger partial charge is 0.316 e. The van der Waals surface area contributed by atoms with Gasteiger partial charge >= 0.3 is 5.97 Å². The molecule has 0 bridgehead atoms. The number of nitrogens with zero attached hydrogens (tertiary/aromatic N) is 5. The normalized spacial score (nSPS) is 14.7. The highest BCUT2D eigenvalue weighted by Gasteiger charge is 2.20. The van der Waals surface area contributed by atoms with Crippen LogP contribution in [-0.2, 0) is 16.1 Å². The lowest BCUT2D eigenvalue weighted by atomic mass is 10.2. The molecule has 0 atom stereocenters. The van der Waals surface area contributed by atoms with Gasteiger partial charge in [-0.2, -0.15) is 0 Å². The predicted molar refractivity (Wildman–Crippen MR) is 119 cm³/mol. The van der Waals surface area contributed by atoms with E-state index >= 15 is 0 Å². The SMILES string of the molecule is CCOC(=O)CSc1cncc(N2CCN(Cc3nc4ccccc4c(=O)[nH]3)CC2)n1. The molecule has 162 valence electrons. The van der Waals surface area contributed by atoms with Gasteiger partial charge in [-0.05, 0) is 19.1 Å². The van der Waals surface area contributed by atoms with Gasteiger partial charge in [0, 0.05) is 26.2 Å². The Morgan fingerprint density at radius 2 is 1.97 bits per heavy atom. The molecule has 0 saturated carbocycles. The number of hydrogen-bond donors (Lipinski definition) is 1. The number of aromatic nitrogens is 4. The first-order valence-corrected chi connectivity index (χ1v) is 11.2. The number of rotatable bonds is 7. The number of carbonyl (C=O) groups is 1. The van der Waals surface area contributed by atoms with E-state index in [-0.39, 0.29) is 17.3 Å². The van der Waals surface area contributed by atoms with Gasteiger partial charge in [-0.25, -0.2) is 9.97 Å². The van der Waals surface area contributed by atoms with Gasteiger partial charge in [-0.3, -0.25) is 19.5 Å². The zero-order valence-electron chi connectivity index (χ0n) is 17.3. The van der Waals surface area contributed by atoms with Crippen molar-refractivity contribution in [3.05, 3.63) is 52.8 Å². The highest BCUT2D eigenvalue weighted by Crippen LogP contribution is 2.20. The number of carbonyl (C=O) groups excluding carboxylic acids is 1. The van der Waals surface area contributed by atoms with E-state index in [1.54, 1.807) is 25.4 Å². The number of H-pyrrole nitrogens is 1. The average molecular weight is 441 g/mol. The number of hydrogen-bond acceptors (Lipinski definition) is 9. The summed E-state index contributed by atoms with van der Waals surface area (Å²) < 4.78 is 4.95. The molecular formula is C21H24N6O3S. The van der Waals surface area contributed by atoms with Crippen LogP contribution in [0.4, 0.5) is 5.82 Å². The van der Waals surface area contributed by atoms with Gasteiger partial charge in [0.15, 0.2) is 0 Å². The summed E-state index contributed by atoms with van der Waals surface area (Å²) in [6.07, 6.45) is 3.40. The fourth-order valence-corrected chi connectivity index (χ4v) is 4.09. The standard InChI is InChI=1S/C21H24N6O3S/c1-2-30-20(28)14-31-19-12-22-11-18(25-19)27-9-7-26(8-10-27)13-17-23-16-6-4-3-5-15(16)21(29)24-17/h3-6,11-12H,2,7-10,13-14H2,1H3,(H,23,24,29). The van der Waals surface area contributed by atoms with Crippen molar-refractivity contribution in [3.63, 3.8) is 0 Å². The summed E-state index contributed by atoms with van der Waals surface area (Å²) in [5, 5.41) is 1.31. The Morgan fingerprint density at radius 1 is 1.16 bits per heavy atom. The third-order valence-corrected chi connectivity index (χ3v) is 5.85. The van der Waals surface area contributed by atoms with Crippen molar-refractivity contribution in [3.8, 4) is 0 Å². The lowest BCUT2D eigenvalue weighted by Crippen LogP contribution is -2.46. The number of esters is 1. The lowest BCUT2D eigenvalue weighted by molar-refractivity contribution is -0.139. The van der Waals surface area contributed by atoms with Gasteiger partial charge in [0.2, 0.25) is 0 Å². The molecule has 10 heteroatoms. The number of thioether (sulfide) groups is 1. The van der Waals surface area contributed by atoms with E-state index in [0.29, 0.717) is 34.9 Å². The average Bonchev–Trinajstić information content (AvgIpc) is 2.79. The molecule has 1 N–H and O–H groups in total. The molecule has 1 aliphatic heterocycles. The minimum absolute atomic E-state index is 0.105. The fraction of sp³-hybridized carbons (Fsp3) is 0.381. The van der Waals surface area contributed by atoms with Crippen molar-refractivity contribution >= 4 is 34.5 Å². The topological polar surface area (TPSA) is 104 Å². The van der Waals surface area contributed by atoms with Crippen molar-refractivity contribution in [1.29, 1.82) is 0 Å². The van der Waals surface area contributed by atoms with Crippen LogP contribution >= 0.6 is 11.8 Å². The van der Waals surface area contributed by atoms with Crippen LogP contribution in [0.3, 0.4) is 0 Å². The maximum absolute atomic E-state index is 12.3. The second-order valence-corrected chi connectivity index (χ2v) is 8.10. The summed E-state index contributed by atoms with van der Waals surface area (Å²) in [4.78, 5) is 44.6. The van der Waals surface area contributed by atoms with E-state index in [9.17, 15) is 9.59 Å². The third-order valence-electron chi connectivity index (χ3n) is 4.97. The van der Waals surface area contributed by atoms with Crippen LogP contribution in [0, 0.1) is 0 Å². The molecule has 1 fully saturated rings. The van der Waals surface area contributed by atoms with Crippen LogP contribution < -0.4 is 10.5 Å². The molecule has 1 aliphatic rings. The number of anilines is 1. The first kappa shape index (κ1) is 21.3. The molecule has 0 unspecified atom stereocenters. The van der Waals surface area contributed by atoms with E-state index in [2.05, 4.69) is 29.7 Å². The lowest BCUT2D eigenvalue weighted by Gasteiger charge is -2.35. The van der Waals surface area contributed by atoms with E-state index in [1.165, 1.54) is 11.8 Å². The number of para-hydroxylation sites is 1. The minimum Gasteiger partial charge on any atom is -0.465 e. The first-order chi connectivity index (χ1) is 15.1. The highest BCUT2D eigenvalue weighted by atomic mass is 32.2. The molecule has 9 nitrogen and oxygen atoms in total. The maximum atomic E-state index is 12.3. The largest absolute Gasteiger partial charge is 0.465 e. The second-order valence-electron chi connectivity index (χ2n) is 7.10. The Labute approximate surface area is 183 Å². The zero-order valence-corrected chi connectivity index (χ0v) is 18.1. The Hall–Kier alpha value is -2.98. The molecular weight excluding hydrogens is 416 g/mol. The molecule has 0 amide bonds. The van der Waals surface area contributed by atoms with Gasteiger partial charge in [-0.1, -0.05) is 23.9 Å². The number of fused-ring (bicyclic) bond motifs is 1. The Kier molecular flexibility index (Phi) is 6.78. The Bertz CT molecular complexity index is 1110. The summed E-state index contributed by atoms with van der Waals surface area (Å²) >= 11 is 1.32. The number of nitrogens with one attached hydrogen (secondary N) is 1. The van der Waals surface area contributed by atoms with Crippen molar-refractivity contribution in [2.45, 2.75) is 18.5 Å². The summed E-state index contributed by atoms with van der Waals surface area (Å²) in [5.74, 6) is 1.44. The quantitative estimate of drug-likeness (QED) is 0.434. The molecule has 3 aromatic rings. The summed E-state index contributed by atoms with van der Waals surface area (Å²) in [6.45, 7) is 5.97. The molecule has 0 spiro atoms. The zero-order chi connectivity index (χ0) is 21.6. The van der Waals surface area contributed by atoms with Gasteiger partial charge in [0.05, 0.1) is 42.2 Å². The molecule has 1 saturated heterocycles. The van der Waals surface area contributed by atoms with Crippen LogP contribution in [0.5, 0.6) is 0 Å². The minimum atomic E-state index is -0.256. The number of ether oxygens (including phenoxy) is 1. The van der Waals surface area contributed by atoms with Crippen LogP contribution in [-0.4, -0.2) is 69.3 Å². The van der Waals surface area contributed by atoms with Crippen molar-refractivity contribution in [2.24, 2.45) is 0 Å². The van der Waals surface area contributed by atoms with E-state index in [4.69, 9.17) is 4.74 Å². The van der Waals surface area contributed by atoms with Crippen LogP contribution in [0.25, 0.3) is 10.9 Å². The van der Waals surface area contributed by atoms with Crippen molar-refractivity contribution < 1.29 is 9.53 Å². The highest BCUT2D eigenvalue weighted by molar-refractivity contribution is 7.99. The van der Waals surface area contributed by atoms with E-state index in [0.717, 1.165) is 32.0 Å². The predicted octanol–water partition coefficient (Wildman–Crippen LogP) is 1.69. The number of benzene rings is 1. The van der Waals surface area contributed by atoms with Crippen molar-refractivity contribution in [1.82, 2.24) is 24.8 Å². The Balaban J connectivity index is 1.34. The summed E-state index contributed by atoms with van der Waals surface area (Å²) in [5.41, 5.74) is 0.610. The van der Waals surface area contributed by atoms with E-state index < -0.39 is 0 Å². The Morgan fingerprint density at radius 3 is 2.77 bits per heavy atom.